The fourth-order valence-electron chi connectivity index (χ4n) is 2.04. The van der Waals surface area contributed by atoms with Gasteiger partial charge in [0.2, 0.25) is 10.0 Å². The zero-order valence-corrected chi connectivity index (χ0v) is 12.0. The number of halogens is 1. The molecule has 7 heteroatoms. The molecule has 0 saturated carbocycles. The van der Waals surface area contributed by atoms with Crippen molar-refractivity contribution in [2.75, 3.05) is 30.7 Å². The number of benzene rings is 1. The summed E-state index contributed by atoms with van der Waals surface area (Å²) >= 11 is 0. The Bertz CT molecular complexity index is 634. The second-order valence-electron chi connectivity index (χ2n) is 4.77. The molecule has 1 aliphatic rings. The highest BCUT2D eigenvalue weighted by Crippen LogP contribution is 2.22. The van der Waals surface area contributed by atoms with E-state index in [0.717, 1.165) is 0 Å². The molecule has 1 saturated heterocycles. The van der Waals surface area contributed by atoms with Gasteiger partial charge in [0.15, 0.2) is 0 Å². The van der Waals surface area contributed by atoms with Crippen LogP contribution in [0.5, 0.6) is 0 Å². The number of hydrogen-bond donors (Lipinski definition) is 1. The fraction of sp³-hybridized carbons (Fsp3) is 0.462. The third-order valence-electron chi connectivity index (χ3n) is 3.36. The van der Waals surface area contributed by atoms with Crippen molar-refractivity contribution in [3.63, 3.8) is 0 Å². The Hall–Kier alpha value is -1.65. The van der Waals surface area contributed by atoms with Gasteiger partial charge in [-0.25, -0.2) is 17.1 Å². The van der Waals surface area contributed by atoms with Gasteiger partial charge in [-0.3, -0.25) is 0 Å². The van der Waals surface area contributed by atoms with E-state index < -0.39 is 15.8 Å². The van der Waals surface area contributed by atoms with Gasteiger partial charge in [0.1, 0.15) is 5.82 Å². The van der Waals surface area contributed by atoms with Crippen LogP contribution in [0.15, 0.2) is 18.2 Å². The lowest BCUT2D eigenvalue weighted by Crippen LogP contribution is -2.52. The maximum atomic E-state index is 13.6. The quantitative estimate of drug-likeness (QED) is 0.891. The molecule has 1 aliphatic heterocycles. The summed E-state index contributed by atoms with van der Waals surface area (Å²) in [6.45, 7) is 3.08. The number of nitriles is 1. The number of nitrogens with one attached hydrogen (secondary N) is 1. The van der Waals surface area contributed by atoms with Crippen molar-refractivity contribution in [3.8, 4) is 6.07 Å². The van der Waals surface area contributed by atoms with Crippen molar-refractivity contribution in [3.05, 3.63) is 29.6 Å². The maximum absolute atomic E-state index is 13.6. The van der Waals surface area contributed by atoms with Gasteiger partial charge in [0, 0.05) is 25.6 Å². The highest BCUT2D eigenvalue weighted by molar-refractivity contribution is 7.89. The Labute approximate surface area is 118 Å². The first-order chi connectivity index (χ1) is 9.46. The van der Waals surface area contributed by atoms with Crippen molar-refractivity contribution in [2.24, 2.45) is 5.92 Å². The molecule has 5 nitrogen and oxygen atoms in total. The van der Waals surface area contributed by atoms with E-state index in [4.69, 9.17) is 5.26 Å². The number of rotatable bonds is 5. The van der Waals surface area contributed by atoms with Crippen molar-refractivity contribution >= 4 is 15.7 Å². The summed E-state index contributed by atoms with van der Waals surface area (Å²) in [6.07, 6.45) is 0. The molecule has 0 aliphatic carbocycles. The Morgan fingerprint density at radius 3 is 2.75 bits per heavy atom. The summed E-state index contributed by atoms with van der Waals surface area (Å²) in [5.74, 6) is -0.176. The third-order valence-corrected chi connectivity index (χ3v) is 5.18. The lowest BCUT2D eigenvalue weighted by molar-refractivity contribution is 0.212. The highest BCUT2D eigenvalue weighted by Gasteiger charge is 2.34. The summed E-state index contributed by atoms with van der Waals surface area (Å²) in [4.78, 5) is 0. The van der Waals surface area contributed by atoms with Crippen LogP contribution in [0.2, 0.25) is 0 Å². The lowest BCUT2D eigenvalue weighted by Gasteiger charge is -2.38. The van der Waals surface area contributed by atoms with Gasteiger partial charge in [-0.1, -0.05) is 0 Å². The summed E-state index contributed by atoms with van der Waals surface area (Å²) < 4.78 is 38.1. The second kappa shape index (κ2) is 5.77. The normalized spacial score (nSPS) is 16.4. The van der Waals surface area contributed by atoms with E-state index in [1.807, 2.05) is 6.07 Å². The smallest absolute Gasteiger partial charge is 0.213 e. The first-order valence-electron chi connectivity index (χ1n) is 6.37. The average molecular weight is 297 g/mol. The van der Waals surface area contributed by atoms with Crippen LogP contribution in [0.4, 0.5) is 10.1 Å². The van der Waals surface area contributed by atoms with Crippen LogP contribution in [0.3, 0.4) is 0 Å². The zero-order chi connectivity index (χ0) is 14.8. The molecule has 1 aromatic carbocycles. The van der Waals surface area contributed by atoms with E-state index in [1.165, 1.54) is 16.4 Å². The Morgan fingerprint density at radius 2 is 2.20 bits per heavy atom. The predicted molar refractivity (Wildman–Crippen MR) is 74.1 cm³/mol. The molecule has 20 heavy (non-hydrogen) atoms. The van der Waals surface area contributed by atoms with E-state index in [9.17, 15) is 12.8 Å². The summed E-state index contributed by atoms with van der Waals surface area (Å²) in [5, 5.41) is 11.6. The first kappa shape index (κ1) is 14.8. The van der Waals surface area contributed by atoms with Crippen LogP contribution in [-0.4, -0.2) is 38.1 Å². The molecule has 0 radical (unpaired) electrons. The van der Waals surface area contributed by atoms with Gasteiger partial charge in [-0.05, 0) is 25.1 Å². The molecule has 108 valence electrons. The highest BCUT2D eigenvalue weighted by atomic mass is 32.2. The SMILES string of the molecule is CCS(=O)(=O)N1CC(CNc2ccc(C#N)cc2F)C1. The van der Waals surface area contributed by atoms with Gasteiger partial charge >= 0.3 is 0 Å². The zero-order valence-electron chi connectivity index (χ0n) is 11.1. The van der Waals surface area contributed by atoms with E-state index >= 15 is 0 Å². The number of nitrogens with zero attached hydrogens (tertiary/aromatic N) is 2. The molecule has 1 fully saturated rings. The Morgan fingerprint density at radius 1 is 1.50 bits per heavy atom. The Kier molecular flexibility index (Phi) is 4.26. The van der Waals surface area contributed by atoms with Crippen molar-refractivity contribution in [1.29, 1.82) is 5.26 Å². The van der Waals surface area contributed by atoms with E-state index in [-0.39, 0.29) is 17.2 Å². The number of hydrogen-bond acceptors (Lipinski definition) is 4. The molecule has 2 rings (SSSR count). The maximum Gasteiger partial charge on any atom is 0.213 e. The molecule has 0 atom stereocenters. The first-order valence-corrected chi connectivity index (χ1v) is 7.98. The van der Waals surface area contributed by atoms with Crippen LogP contribution in [0.1, 0.15) is 12.5 Å². The van der Waals surface area contributed by atoms with E-state index in [0.29, 0.717) is 25.3 Å². The van der Waals surface area contributed by atoms with Crippen LogP contribution >= 0.6 is 0 Å². The van der Waals surface area contributed by atoms with Crippen molar-refractivity contribution < 1.29 is 12.8 Å². The molecule has 0 aromatic heterocycles. The molecule has 0 unspecified atom stereocenters. The minimum Gasteiger partial charge on any atom is -0.382 e. The molecule has 0 bridgehead atoms. The second-order valence-corrected chi connectivity index (χ2v) is 7.03. The monoisotopic (exact) mass is 297 g/mol. The molecule has 0 amide bonds. The van der Waals surface area contributed by atoms with Gasteiger partial charge < -0.3 is 5.32 Å². The molecule has 1 aromatic rings. The number of sulfonamides is 1. The average Bonchev–Trinajstić information content (AvgIpc) is 2.38. The van der Waals surface area contributed by atoms with Gasteiger partial charge in [0.25, 0.3) is 0 Å². The lowest BCUT2D eigenvalue weighted by atomic mass is 10.0. The van der Waals surface area contributed by atoms with E-state index in [2.05, 4.69) is 5.32 Å². The largest absolute Gasteiger partial charge is 0.382 e. The van der Waals surface area contributed by atoms with Gasteiger partial charge in [-0.15, -0.1) is 0 Å². The van der Waals surface area contributed by atoms with Crippen LogP contribution < -0.4 is 5.32 Å². The molecule has 0 spiro atoms. The van der Waals surface area contributed by atoms with Gasteiger partial charge in [-0.2, -0.15) is 5.26 Å². The number of anilines is 1. The molecule has 1 heterocycles. The summed E-state index contributed by atoms with van der Waals surface area (Å²) in [7, 11) is -3.10. The van der Waals surface area contributed by atoms with Crippen LogP contribution in [0.25, 0.3) is 0 Å². The molecule has 1 N–H and O–H groups in total. The van der Waals surface area contributed by atoms with Crippen LogP contribution in [-0.2, 0) is 10.0 Å². The van der Waals surface area contributed by atoms with Crippen molar-refractivity contribution in [2.45, 2.75) is 6.92 Å². The minimum absolute atomic E-state index is 0.109. The summed E-state index contributed by atoms with van der Waals surface area (Å²) in [6, 6.07) is 6.11. The molecular formula is C13H16FN3O2S. The topological polar surface area (TPSA) is 73.2 Å². The summed E-state index contributed by atoms with van der Waals surface area (Å²) in [5.41, 5.74) is 0.609. The molecular weight excluding hydrogens is 281 g/mol. The van der Waals surface area contributed by atoms with Crippen molar-refractivity contribution in [1.82, 2.24) is 4.31 Å². The standard InChI is InChI=1S/C13H16FN3O2S/c1-2-20(18,19)17-8-11(9-17)7-16-13-4-3-10(6-15)5-12(13)14/h3-5,11,16H,2,7-9H2,1H3. The van der Waals surface area contributed by atoms with Crippen LogP contribution in [0, 0.1) is 23.1 Å². The van der Waals surface area contributed by atoms with Gasteiger partial charge in [0.05, 0.1) is 23.1 Å². The minimum atomic E-state index is -3.10. The Balaban J connectivity index is 1.85. The van der Waals surface area contributed by atoms with E-state index in [1.54, 1.807) is 13.0 Å². The third kappa shape index (κ3) is 3.08. The predicted octanol–water partition coefficient (Wildman–Crippen LogP) is 1.39. The fourth-order valence-corrected chi connectivity index (χ4v) is 3.28.